The summed E-state index contributed by atoms with van der Waals surface area (Å²) in [7, 11) is 1.42. The molecule has 2 atom stereocenters. The number of hydroxylamine groups is 1. The molecule has 35 heavy (non-hydrogen) atoms. The number of benzene rings is 2. The maximum absolute atomic E-state index is 12.8. The van der Waals surface area contributed by atoms with E-state index < -0.39 is 24.2 Å². The highest BCUT2D eigenvalue weighted by Gasteiger charge is 2.28. The fourth-order valence-electron chi connectivity index (χ4n) is 3.32. The third-order valence-corrected chi connectivity index (χ3v) is 5.02. The maximum Gasteiger partial charge on any atom is 0.412 e. The average molecular weight is 487 g/mol. The zero-order chi connectivity index (χ0) is 25.8. The second-order valence-corrected chi connectivity index (χ2v) is 7.47. The van der Waals surface area contributed by atoms with Crippen molar-refractivity contribution in [3.05, 3.63) is 65.7 Å². The molecule has 10 heteroatoms. The molecule has 0 aliphatic heterocycles. The number of phenols is 1. The van der Waals surface area contributed by atoms with Crippen LogP contribution in [-0.2, 0) is 14.3 Å². The molecule has 0 radical (unpaired) electrons. The number of carbonyl (C=O) groups is 3. The topological polar surface area (TPSA) is 143 Å². The summed E-state index contributed by atoms with van der Waals surface area (Å²) in [5.41, 5.74) is 2.92. The van der Waals surface area contributed by atoms with E-state index in [2.05, 4.69) is 5.32 Å². The Morgan fingerprint density at radius 2 is 1.83 bits per heavy atom. The largest absolute Gasteiger partial charge is 0.504 e. The number of phenolic OH excluding ortho intramolecular Hbond substituents is 1. The van der Waals surface area contributed by atoms with Gasteiger partial charge in [-0.05, 0) is 68.7 Å². The Bertz CT molecular complexity index is 1040. The second kappa shape index (κ2) is 13.7. The first kappa shape index (κ1) is 27.4. The number of allylic oxidation sites excluding steroid dienone is 1. The van der Waals surface area contributed by atoms with Crippen LogP contribution < -0.4 is 15.5 Å². The van der Waals surface area contributed by atoms with Crippen LogP contribution in [0.25, 0.3) is 0 Å². The average Bonchev–Trinajstić information content (AvgIpc) is 2.84. The number of amides is 2. The highest BCUT2D eigenvalue weighted by Crippen LogP contribution is 2.34. The molecule has 10 nitrogen and oxygen atoms in total. The quantitative estimate of drug-likeness (QED) is 0.152. The van der Waals surface area contributed by atoms with Crippen molar-refractivity contribution in [2.75, 3.05) is 19.0 Å². The van der Waals surface area contributed by atoms with Gasteiger partial charge < -0.3 is 19.3 Å². The number of ketones is 1. The number of Topliss-reactive ketones (excluding diaryl/α,β-unsaturated/α-hetero) is 1. The SMILES string of the molecule is CCO[C@H](CC/C=C/C(=O)NO)[C@H](OC(=O)Nc1ccc(C(C)=O)cc1)c1ccc(OC)c(O)c1. The van der Waals surface area contributed by atoms with Crippen molar-refractivity contribution in [2.45, 2.75) is 38.9 Å². The van der Waals surface area contributed by atoms with Crippen molar-refractivity contribution >= 4 is 23.5 Å². The van der Waals surface area contributed by atoms with E-state index in [4.69, 9.17) is 19.4 Å². The number of aromatic hydroxyl groups is 1. The van der Waals surface area contributed by atoms with Crippen LogP contribution in [0.15, 0.2) is 54.6 Å². The molecule has 188 valence electrons. The van der Waals surface area contributed by atoms with Gasteiger partial charge in [-0.3, -0.25) is 20.1 Å². The predicted octanol–water partition coefficient (Wildman–Crippen LogP) is 4.14. The van der Waals surface area contributed by atoms with Crippen molar-refractivity contribution in [2.24, 2.45) is 0 Å². The lowest BCUT2D eigenvalue weighted by Crippen LogP contribution is -2.29. The van der Waals surface area contributed by atoms with Gasteiger partial charge in [0.15, 0.2) is 23.4 Å². The van der Waals surface area contributed by atoms with E-state index in [0.29, 0.717) is 36.3 Å². The van der Waals surface area contributed by atoms with E-state index in [1.807, 2.05) is 0 Å². The molecule has 2 amide bonds. The molecule has 0 aromatic heterocycles. The van der Waals surface area contributed by atoms with Gasteiger partial charge in [0.2, 0.25) is 0 Å². The highest BCUT2D eigenvalue weighted by molar-refractivity contribution is 5.95. The Hall–Kier alpha value is -3.89. The van der Waals surface area contributed by atoms with Crippen molar-refractivity contribution in [3.63, 3.8) is 0 Å². The molecule has 4 N–H and O–H groups in total. The molecule has 2 rings (SSSR count). The Balaban J connectivity index is 2.26. The molecule has 0 saturated carbocycles. The molecule has 0 bridgehead atoms. The van der Waals surface area contributed by atoms with Crippen molar-refractivity contribution < 1.29 is 38.9 Å². The van der Waals surface area contributed by atoms with E-state index in [9.17, 15) is 19.5 Å². The maximum atomic E-state index is 12.8. The number of carbonyl (C=O) groups excluding carboxylic acids is 3. The molecular formula is C25H30N2O8. The van der Waals surface area contributed by atoms with E-state index in [1.54, 1.807) is 49.4 Å². The van der Waals surface area contributed by atoms with Crippen LogP contribution >= 0.6 is 0 Å². The molecular weight excluding hydrogens is 456 g/mol. The Morgan fingerprint density at radius 3 is 2.40 bits per heavy atom. The first-order valence-electron chi connectivity index (χ1n) is 11.0. The molecule has 0 aliphatic rings. The van der Waals surface area contributed by atoms with Crippen molar-refractivity contribution in [1.29, 1.82) is 0 Å². The molecule has 0 heterocycles. The van der Waals surface area contributed by atoms with Crippen LogP contribution in [-0.4, -0.2) is 47.9 Å². The monoisotopic (exact) mass is 486 g/mol. The Kier molecular flexibility index (Phi) is 10.7. The Morgan fingerprint density at radius 1 is 1.11 bits per heavy atom. The Labute approximate surface area is 203 Å². The second-order valence-electron chi connectivity index (χ2n) is 7.47. The van der Waals surface area contributed by atoms with Crippen LogP contribution in [0, 0.1) is 0 Å². The van der Waals surface area contributed by atoms with Crippen LogP contribution in [0.4, 0.5) is 10.5 Å². The summed E-state index contributed by atoms with van der Waals surface area (Å²) in [6, 6.07) is 11.0. The molecule has 0 unspecified atom stereocenters. The molecule has 2 aromatic carbocycles. The zero-order valence-electron chi connectivity index (χ0n) is 19.8. The predicted molar refractivity (Wildman–Crippen MR) is 128 cm³/mol. The summed E-state index contributed by atoms with van der Waals surface area (Å²) >= 11 is 0. The van der Waals surface area contributed by atoms with Crippen LogP contribution in [0.1, 0.15) is 48.7 Å². The third kappa shape index (κ3) is 8.43. The molecule has 0 spiro atoms. The summed E-state index contributed by atoms with van der Waals surface area (Å²) in [5.74, 6) is -0.633. The van der Waals surface area contributed by atoms with Gasteiger partial charge in [-0.25, -0.2) is 10.3 Å². The number of rotatable bonds is 12. The van der Waals surface area contributed by atoms with Gasteiger partial charge in [0, 0.05) is 23.9 Å². The van der Waals surface area contributed by atoms with Gasteiger partial charge in [-0.2, -0.15) is 0 Å². The standard InChI is InChI=1S/C25H30N2O8/c1-4-34-22(7-5-6-8-23(30)27-32)24(18-11-14-21(33-3)20(29)15-18)35-25(31)26-19-12-9-17(10-13-19)16(2)28/h6,8-15,22,24,29,32H,4-5,7H2,1-3H3,(H,26,31)(H,27,30)/b8-6+/t22-,24-/m1/s1. The van der Waals surface area contributed by atoms with Gasteiger partial charge in [0.1, 0.15) is 0 Å². The number of nitrogens with one attached hydrogen (secondary N) is 2. The van der Waals surface area contributed by atoms with Gasteiger partial charge >= 0.3 is 6.09 Å². The lowest BCUT2D eigenvalue weighted by Gasteiger charge is -2.27. The minimum atomic E-state index is -0.914. The smallest absolute Gasteiger partial charge is 0.412 e. The van der Waals surface area contributed by atoms with E-state index in [-0.39, 0.29) is 17.3 Å². The van der Waals surface area contributed by atoms with Gasteiger partial charge in [0.05, 0.1) is 13.2 Å². The van der Waals surface area contributed by atoms with Gasteiger partial charge in [0.25, 0.3) is 5.91 Å². The molecule has 0 saturated heterocycles. The van der Waals surface area contributed by atoms with Crippen LogP contribution in [0.3, 0.4) is 0 Å². The summed E-state index contributed by atoms with van der Waals surface area (Å²) in [4.78, 5) is 35.4. The first-order valence-corrected chi connectivity index (χ1v) is 11.0. The zero-order valence-corrected chi connectivity index (χ0v) is 19.8. The van der Waals surface area contributed by atoms with Crippen LogP contribution in [0.5, 0.6) is 11.5 Å². The lowest BCUT2D eigenvalue weighted by molar-refractivity contribution is -0.124. The van der Waals surface area contributed by atoms with Gasteiger partial charge in [-0.1, -0.05) is 12.1 Å². The summed E-state index contributed by atoms with van der Waals surface area (Å²) in [5, 5.41) is 21.5. The highest BCUT2D eigenvalue weighted by atomic mass is 16.6. The van der Waals surface area contributed by atoms with E-state index in [1.165, 1.54) is 31.7 Å². The fraction of sp³-hybridized carbons (Fsp3) is 0.320. The molecule has 0 aliphatic carbocycles. The summed E-state index contributed by atoms with van der Waals surface area (Å²) in [6.07, 6.45) is 1.17. The van der Waals surface area contributed by atoms with Crippen molar-refractivity contribution in [3.8, 4) is 11.5 Å². The molecule has 0 fully saturated rings. The first-order chi connectivity index (χ1) is 16.8. The van der Waals surface area contributed by atoms with E-state index in [0.717, 1.165) is 0 Å². The number of ether oxygens (including phenoxy) is 3. The lowest BCUT2D eigenvalue weighted by atomic mass is 9.99. The van der Waals surface area contributed by atoms with Gasteiger partial charge in [-0.15, -0.1) is 0 Å². The minimum Gasteiger partial charge on any atom is -0.504 e. The minimum absolute atomic E-state index is 0.0939. The number of anilines is 1. The normalized spacial score (nSPS) is 12.6. The van der Waals surface area contributed by atoms with Crippen molar-refractivity contribution in [1.82, 2.24) is 5.48 Å². The molecule has 2 aromatic rings. The third-order valence-electron chi connectivity index (χ3n) is 5.02. The summed E-state index contributed by atoms with van der Waals surface area (Å²) < 4.78 is 16.7. The number of hydrogen-bond acceptors (Lipinski definition) is 8. The summed E-state index contributed by atoms with van der Waals surface area (Å²) in [6.45, 7) is 3.56. The number of methoxy groups -OCH3 is 1. The fourth-order valence-corrected chi connectivity index (χ4v) is 3.32. The van der Waals surface area contributed by atoms with Crippen LogP contribution in [0.2, 0.25) is 0 Å². The van der Waals surface area contributed by atoms with E-state index >= 15 is 0 Å². The number of hydrogen-bond donors (Lipinski definition) is 4.